The van der Waals surface area contributed by atoms with Gasteiger partial charge in [0.2, 0.25) is 0 Å². The van der Waals surface area contributed by atoms with Gasteiger partial charge in [-0.05, 0) is 42.7 Å². The Morgan fingerprint density at radius 3 is 2.44 bits per heavy atom. The summed E-state index contributed by atoms with van der Waals surface area (Å²) in [5, 5.41) is 0.520. The molecule has 0 heterocycles. The lowest BCUT2D eigenvalue weighted by atomic mass is 9.99. The van der Waals surface area contributed by atoms with E-state index in [0.29, 0.717) is 17.0 Å². The number of benzene rings is 2. The van der Waals surface area contributed by atoms with E-state index in [0.717, 1.165) is 5.56 Å². The molecule has 0 saturated carbocycles. The number of ketones is 1. The van der Waals surface area contributed by atoms with Gasteiger partial charge >= 0.3 is 0 Å². The van der Waals surface area contributed by atoms with E-state index in [9.17, 15) is 4.79 Å². The van der Waals surface area contributed by atoms with E-state index < -0.39 is 0 Å². The third-order valence-corrected chi connectivity index (χ3v) is 3.44. The summed E-state index contributed by atoms with van der Waals surface area (Å²) >= 11 is 6.02. The Hall–Kier alpha value is -1.60. The standard InChI is InChI=1S/C16H15ClO/c1-11-7-8-13(9-12(11)2)10-16(18)14-5-3-4-6-15(14)17/h3-9H,10H2,1-2H3. The Labute approximate surface area is 112 Å². The number of rotatable bonds is 3. The molecule has 1 nitrogen and oxygen atoms in total. The van der Waals surface area contributed by atoms with Gasteiger partial charge in [-0.15, -0.1) is 0 Å². The largest absolute Gasteiger partial charge is 0.294 e. The van der Waals surface area contributed by atoms with Crippen LogP contribution in [0.4, 0.5) is 0 Å². The van der Waals surface area contributed by atoms with E-state index >= 15 is 0 Å². The fourth-order valence-electron chi connectivity index (χ4n) is 1.88. The minimum atomic E-state index is 0.0591. The minimum absolute atomic E-state index is 0.0591. The fraction of sp³-hybridized carbons (Fsp3) is 0.188. The fourth-order valence-corrected chi connectivity index (χ4v) is 2.12. The summed E-state index contributed by atoms with van der Waals surface area (Å²) in [6.07, 6.45) is 0.394. The Morgan fingerprint density at radius 2 is 1.78 bits per heavy atom. The van der Waals surface area contributed by atoms with Gasteiger partial charge in [-0.2, -0.15) is 0 Å². The van der Waals surface area contributed by atoms with Crippen molar-refractivity contribution in [2.24, 2.45) is 0 Å². The second-order valence-corrected chi connectivity index (χ2v) is 4.91. The van der Waals surface area contributed by atoms with Crippen LogP contribution >= 0.6 is 11.6 Å². The van der Waals surface area contributed by atoms with E-state index in [2.05, 4.69) is 19.9 Å². The molecule has 0 bridgehead atoms. The van der Waals surface area contributed by atoms with Gasteiger partial charge in [-0.3, -0.25) is 4.79 Å². The number of Topliss-reactive ketones (excluding diaryl/α,β-unsaturated/α-hetero) is 1. The van der Waals surface area contributed by atoms with Gasteiger partial charge in [0, 0.05) is 12.0 Å². The number of hydrogen-bond acceptors (Lipinski definition) is 1. The maximum atomic E-state index is 12.1. The van der Waals surface area contributed by atoms with Gasteiger partial charge in [0.25, 0.3) is 0 Å². The number of halogens is 1. The van der Waals surface area contributed by atoms with Crippen molar-refractivity contribution in [3.8, 4) is 0 Å². The molecule has 0 spiro atoms. The predicted molar refractivity (Wildman–Crippen MR) is 75.4 cm³/mol. The highest BCUT2D eigenvalue weighted by atomic mass is 35.5. The zero-order valence-electron chi connectivity index (χ0n) is 10.5. The van der Waals surface area contributed by atoms with Gasteiger partial charge in [0.1, 0.15) is 0 Å². The molecular weight excluding hydrogens is 244 g/mol. The van der Waals surface area contributed by atoms with E-state index in [4.69, 9.17) is 11.6 Å². The lowest BCUT2D eigenvalue weighted by Crippen LogP contribution is -2.04. The Bertz CT molecular complexity index is 587. The Balaban J connectivity index is 2.22. The maximum Gasteiger partial charge on any atom is 0.168 e. The molecule has 0 aliphatic carbocycles. The number of carbonyl (C=O) groups is 1. The first-order chi connectivity index (χ1) is 8.58. The zero-order chi connectivity index (χ0) is 13.1. The van der Waals surface area contributed by atoms with E-state index in [-0.39, 0.29) is 5.78 Å². The average molecular weight is 259 g/mol. The molecule has 0 fully saturated rings. The third-order valence-electron chi connectivity index (χ3n) is 3.11. The second-order valence-electron chi connectivity index (χ2n) is 4.50. The quantitative estimate of drug-likeness (QED) is 0.747. The van der Waals surface area contributed by atoms with Crippen LogP contribution in [0.15, 0.2) is 42.5 Å². The van der Waals surface area contributed by atoms with Crippen molar-refractivity contribution in [3.63, 3.8) is 0 Å². The molecule has 2 heteroatoms. The van der Waals surface area contributed by atoms with Crippen molar-refractivity contribution in [2.45, 2.75) is 20.3 Å². The van der Waals surface area contributed by atoms with E-state index in [1.807, 2.05) is 24.3 Å². The molecule has 0 aliphatic heterocycles. The molecule has 0 unspecified atom stereocenters. The molecule has 0 atom stereocenters. The highest BCUT2D eigenvalue weighted by Gasteiger charge is 2.10. The van der Waals surface area contributed by atoms with Crippen LogP contribution in [-0.4, -0.2) is 5.78 Å². The summed E-state index contributed by atoms with van der Waals surface area (Å²) < 4.78 is 0. The highest BCUT2D eigenvalue weighted by Crippen LogP contribution is 2.18. The summed E-state index contributed by atoms with van der Waals surface area (Å²) in [4.78, 5) is 12.1. The minimum Gasteiger partial charge on any atom is -0.294 e. The first kappa shape index (κ1) is 12.8. The number of carbonyl (C=O) groups excluding carboxylic acids is 1. The summed E-state index contributed by atoms with van der Waals surface area (Å²) in [6.45, 7) is 4.12. The second kappa shape index (κ2) is 5.36. The summed E-state index contributed by atoms with van der Waals surface area (Å²) in [5.41, 5.74) is 4.07. The van der Waals surface area contributed by atoms with Crippen LogP contribution in [0, 0.1) is 13.8 Å². The van der Waals surface area contributed by atoms with Crippen LogP contribution in [0.1, 0.15) is 27.0 Å². The van der Waals surface area contributed by atoms with Crippen molar-refractivity contribution in [2.75, 3.05) is 0 Å². The van der Waals surface area contributed by atoms with E-state index in [1.165, 1.54) is 11.1 Å². The highest BCUT2D eigenvalue weighted by molar-refractivity contribution is 6.34. The molecule has 18 heavy (non-hydrogen) atoms. The van der Waals surface area contributed by atoms with Gasteiger partial charge in [-0.25, -0.2) is 0 Å². The first-order valence-corrected chi connectivity index (χ1v) is 6.29. The summed E-state index contributed by atoms with van der Waals surface area (Å²) in [7, 11) is 0. The average Bonchev–Trinajstić information content (AvgIpc) is 2.34. The summed E-state index contributed by atoms with van der Waals surface area (Å²) in [6, 6.07) is 13.3. The van der Waals surface area contributed by atoms with Crippen LogP contribution in [0.2, 0.25) is 5.02 Å². The van der Waals surface area contributed by atoms with Gasteiger partial charge in [0.15, 0.2) is 5.78 Å². The molecule has 0 N–H and O–H groups in total. The van der Waals surface area contributed by atoms with Crippen LogP contribution in [0.5, 0.6) is 0 Å². The monoisotopic (exact) mass is 258 g/mol. The number of aryl methyl sites for hydroxylation is 2. The molecule has 0 saturated heterocycles. The van der Waals surface area contributed by atoms with Crippen molar-refractivity contribution in [1.29, 1.82) is 0 Å². The molecular formula is C16H15ClO. The molecule has 0 aromatic heterocycles. The SMILES string of the molecule is Cc1ccc(CC(=O)c2ccccc2Cl)cc1C. The Morgan fingerprint density at radius 1 is 1.06 bits per heavy atom. The number of hydrogen-bond donors (Lipinski definition) is 0. The van der Waals surface area contributed by atoms with Crippen LogP contribution in [-0.2, 0) is 6.42 Å². The maximum absolute atomic E-state index is 12.1. The van der Waals surface area contributed by atoms with Gasteiger partial charge in [0.05, 0.1) is 5.02 Å². The summed E-state index contributed by atoms with van der Waals surface area (Å²) in [5.74, 6) is 0.0591. The molecule has 0 radical (unpaired) electrons. The van der Waals surface area contributed by atoms with E-state index in [1.54, 1.807) is 12.1 Å². The molecule has 2 aromatic carbocycles. The van der Waals surface area contributed by atoms with Gasteiger partial charge < -0.3 is 0 Å². The zero-order valence-corrected chi connectivity index (χ0v) is 11.3. The molecule has 2 aromatic rings. The lowest BCUT2D eigenvalue weighted by molar-refractivity contribution is 0.0993. The van der Waals surface area contributed by atoms with Crippen molar-refractivity contribution in [1.82, 2.24) is 0 Å². The molecule has 92 valence electrons. The van der Waals surface area contributed by atoms with Crippen LogP contribution in [0.25, 0.3) is 0 Å². The van der Waals surface area contributed by atoms with Crippen molar-refractivity contribution in [3.05, 3.63) is 69.7 Å². The molecule has 0 amide bonds. The first-order valence-electron chi connectivity index (χ1n) is 5.92. The molecule has 0 aliphatic rings. The normalized spacial score (nSPS) is 10.4. The third kappa shape index (κ3) is 2.80. The van der Waals surface area contributed by atoms with Crippen molar-refractivity contribution < 1.29 is 4.79 Å². The topological polar surface area (TPSA) is 17.1 Å². The smallest absolute Gasteiger partial charge is 0.168 e. The van der Waals surface area contributed by atoms with Crippen molar-refractivity contribution >= 4 is 17.4 Å². The predicted octanol–water partition coefficient (Wildman–Crippen LogP) is 4.38. The lowest BCUT2D eigenvalue weighted by Gasteiger charge is -2.06. The van der Waals surface area contributed by atoms with Crippen LogP contribution in [0.3, 0.4) is 0 Å². The molecule has 2 rings (SSSR count). The van der Waals surface area contributed by atoms with Crippen LogP contribution < -0.4 is 0 Å². The Kier molecular flexibility index (Phi) is 3.83. The van der Waals surface area contributed by atoms with Gasteiger partial charge in [-0.1, -0.05) is 41.9 Å².